The minimum Gasteiger partial charge on any atom is -0.484 e. The first-order valence-electron chi connectivity index (χ1n) is 11.6. The van der Waals surface area contributed by atoms with Crippen molar-refractivity contribution < 1.29 is 17.9 Å². The molecule has 1 aromatic heterocycles. The molecule has 0 radical (unpaired) electrons. The largest absolute Gasteiger partial charge is 0.484 e. The highest BCUT2D eigenvalue weighted by molar-refractivity contribution is 7.92. The van der Waals surface area contributed by atoms with Crippen LogP contribution in [0.25, 0.3) is 10.9 Å². The minimum atomic E-state index is -3.76. The highest BCUT2D eigenvalue weighted by atomic mass is 35.5. The maximum Gasteiger partial charge on any atom is 0.261 e. The molecule has 3 N–H and O–H groups in total. The molecule has 0 spiro atoms. The van der Waals surface area contributed by atoms with Crippen molar-refractivity contribution in [2.45, 2.75) is 18.7 Å². The van der Waals surface area contributed by atoms with E-state index in [1.807, 2.05) is 38.1 Å². The lowest BCUT2D eigenvalue weighted by Crippen LogP contribution is -2.32. The lowest BCUT2D eigenvalue weighted by atomic mass is 10.1. The standard InChI is InChI=1S/C27H27ClN4O4S/c1-18-3-4-19(2)25(15-18)32-37(34,35)22-8-6-21(7-9-22)36-17-27(33)31-14-13-30-24-11-12-29-26-16-20(28)5-10-23(24)26/h3-12,15-16,32H,13-14,17H2,1-2H3,(H,29,30)(H,31,33). The van der Waals surface area contributed by atoms with E-state index in [1.54, 1.807) is 24.4 Å². The van der Waals surface area contributed by atoms with Crippen molar-refractivity contribution in [1.29, 1.82) is 0 Å². The molecule has 0 aliphatic carbocycles. The molecule has 0 atom stereocenters. The Morgan fingerprint density at radius 2 is 1.73 bits per heavy atom. The number of aromatic nitrogens is 1. The van der Waals surface area contributed by atoms with Crippen LogP contribution in [0, 0.1) is 13.8 Å². The number of amides is 1. The molecule has 192 valence electrons. The highest BCUT2D eigenvalue weighted by Crippen LogP contribution is 2.24. The zero-order valence-electron chi connectivity index (χ0n) is 20.4. The average Bonchev–Trinajstić information content (AvgIpc) is 2.87. The van der Waals surface area contributed by atoms with E-state index in [0.29, 0.717) is 29.5 Å². The molecule has 0 bridgehead atoms. The number of sulfonamides is 1. The van der Waals surface area contributed by atoms with Crippen molar-refractivity contribution in [3.05, 3.63) is 89.1 Å². The molecule has 1 heterocycles. The van der Waals surface area contributed by atoms with Gasteiger partial charge in [-0.3, -0.25) is 14.5 Å². The summed E-state index contributed by atoms with van der Waals surface area (Å²) in [5, 5.41) is 7.62. The van der Waals surface area contributed by atoms with Crippen LogP contribution in [0.4, 0.5) is 11.4 Å². The number of rotatable bonds is 10. The number of aryl methyl sites for hydroxylation is 2. The van der Waals surface area contributed by atoms with E-state index >= 15 is 0 Å². The number of carbonyl (C=O) groups excluding carboxylic acids is 1. The van der Waals surface area contributed by atoms with Gasteiger partial charge >= 0.3 is 0 Å². The van der Waals surface area contributed by atoms with Crippen LogP contribution in [0.2, 0.25) is 5.02 Å². The molecule has 1 amide bonds. The second-order valence-corrected chi connectivity index (χ2v) is 10.6. The van der Waals surface area contributed by atoms with Crippen molar-refractivity contribution in [1.82, 2.24) is 10.3 Å². The van der Waals surface area contributed by atoms with Crippen LogP contribution in [0.1, 0.15) is 11.1 Å². The SMILES string of the molecule is Cc1ccc(C)c(NS(=O)(=O)c2ccc(OCC(=O)NCCNc3ccnc4cc(Cl)ccc34)cc2)c1. The lowest BCUT2D eigenvalue weighted by Gasteiger charge is -2.12. The Balaban J connectivity index is 1.24. The Morgan fingerprint density at radius 3 is 2.51 bits per heavy atom. The van der Waals surface area contributed by atoms with Crippen LogP contribution >= 0.6 is 11.6 Å². The fourth-order valence-corrected chi connectivity index (χ4v) is 4.93. The Labute approximate surface area is 221 Å². The molecule has 10 heteroatoms. The summed E-state index contributed by atoms with van der Waals surface area (Å²) < 4.78 is 33.6. The number of pyridine rings is 1. The Morgan fingerprint density at radius 1 is 0.946 bits per heavy atom. The van der Waals surface area contributed by atoms with Crippen molar-refractivity contribution in [3.63, 3.8) is 0 Å². The molecule has 0 aliphatic rings. The molecule has 0 saturated carbocycles. The third-order valence-electron chi connectivity index (χ3n) is 5.61. The van der Waals surface area contributed by atoms with Gasteiger partial charge < -0.3 is 15.4 Å². The average molecular weight is 539 g/mol. The molecule has 0 saturated heterocycles. The lowest BCUT2D eigenvalue weighted by molar-refractivity contribution is -0.123. The molecule has 0 aliphatic heterocycles. The molecule has 0 fully saturated rings. The number of hydrogen-bond donors (Lipinski definition) is 3. The first-order chi connectivity index (χ1) is 17.7. The summed E-state index contributed by atoms with van der Waals surface area (Å²) in [6, 6.07) is 18.9. The summed E-state index contributed by atoms with van der Waals surface area (Å²) in [6.07, 6.45) is 1.70. The molecular formula is C27H27ClN4O4S. The van der Waals surface area contributed by atoms with Crippen molar-refractivity contribution in [2.24, 2.45) is 0 Å². The van der Waals surface area contributed by atoms with E-state index in [0.717, 1.165) is 27.7 Å². The van der Waals surface area contributed by atoms with Gasteiger partial charge in [-0.1, -0.05) is 23.7 Å². The number of benzene rings is 3. The van der Waals surface area contributed by atoms with E-state index < -0.39 is 10.0 Å². The quantitative estimate of drug-likeness (QED) is 0.247. The van der Waals surface area contributed by atoms with Gasteiger partial charge in [0, 0.05) is 35.4 Å². The summed E-state index contributed by atoms with van der Waals surface area (Å²) in [7, 11) is -3.76. The molecule has 3 aromatic carbocycles. The third-order valence-corrected chi connectivity index (χ3v) is 7.23. The Bertz CT molecular complexity index is 1530. The predicted octanol–water partition coefficient (Wildman–Crippen LogP) is 4.91. The number of hydrogen-bond acceptors (Lipinski definition) is 6. The van der Waals surface area contributed by atoms with E-state index in [4.69, 9.17) is 16.3 Å². The van der Waals surface area contributed by atoms with Gasteiger partial charge in [0.1, 0.15) is 5.75 Å². The Hall–Kier alpha value is -3.82. The number of nitrogens with zero attached hydrogens (tertiary/aromatic N) is 1. The van der Waals surface area contributed by atoms with Crippen LogP contribution in [0.3, 0.4) is 0 Å². The van der Waals surface area contributed by atoms with Crippen LogP contribution in [0.15, 0.2) is 77.8 Å². The molecule has 4 rings (SSSR count). The Kier molecular flexibility index (Phi) is 8.15. The fourth-order valence-electron chi connectivity index (χ4n) is 3.64. The molecule has 37 heavy (non-hydrogen) atoms. The second kappa shape index (κ2) is 11.5. The number of anilines is 2. The number of ether oxygens (including phenoxy) is 1. The van der Waals surface area contributed by atoms with Crippen LogP contribution < -0.4 is 20.1 Å². The molecule has 4 aromatic rings. The molecule has 0 unspecified atom stereocenters. The third kappa shape index (κ3) is 6.90. The maximum absolute atomic E-state index is 12.7. The maximum atomic E-state index is 12.7. The number of fused-ring (bicyclic) bond motifs is 1. The molecular weight excluding hydrogens is 512 g/mol. The van der Waals surface area contributed by atoms with Crippen molar-refractivity contribution in [3.8, 4) is 5.75 Å². The zero-order valence-corrected chi connectivity index (χ0v) is 22.0. The van der Waals surface area contributed by atoms with Gasteiger partial charge in [-0.15, -0.1) is 0 Å². The summed E-state index contributed by atoms with van der Waals surface area (Å²) in [4.78, 5) is 16.6. The number of nitrogens with one attached hydrogen (secondary N) is 3. The predicted molar refractivity (Wildman–Crippen MR) is 147 cm³/mol. The van der Waals surface area contributed by atoms with Gasteiger partial charge in [-0.05, 0) is 79.6 Å². The van der Waals surface area contributed by atoms with E-state index in [2.05, 4.69) is 20.3 Å². The monoisotopic (exact) mass is 538 g/mol. The van der Waals surface area contributed by atoms with E-state index in [9.17, 15) is 13.2 Å². The highest BCUT2D eigenvalue weighted by Gasteiger charge is 2.16. The van der Waals surface area contributed by atoms with Gasteiger partial charge in [0.25, 0.3) is 15.9 Å². The van der Waals surface area contributed by atoms with Crippen molar-refractivity contribution in [2.75, 3.05) is 29.7 Å². The topological polar surface area (TPSA) is 109 Å². The summed E-state index contributed by atoms with van der Waals surface area (Å²) in [6.45, 7) is 4.44. The van der Waals surface area contributed by atoms with Crippen LogP contribution in [-0.4, -0.2) is 39.0 Å². The van der Waals surface area contributed by atoms with Gasteiger partial charge in [0.2, 0.25) is 0 Å². The minimum absolute atomic E-state index is 0.0992. The first-order valence-corrected chi connectivity index (χ1v) is 13.5. The summed E-state index contributed by atoms with van der Waals surface area (Å²) in [5.74, 6) is 0.0994. The zero-order chi connectivity index (χ0) is 26.4. The summed E-state index contributed by atoms with van der Waals surface area (Å²) >= 11 is 6.02. The molecule has 8 nitrogen and oxygen atoms in total. The van der Waals surface area contributed by atoms with Gasteiger partial charge in [-0.25, -0.2) is 8.42 Å². The van der Waals surface area contributed by atoms with Crippen LogP contribution in [-0.2, 0) is 14.8 Å². The number of halogens is 1. The summed E-state index contributed by atoms with van der Waals surface area (Å²) in [5.41, 5.74) is 4.00. The number of carbonyl (C=O) groups is 1. The normalized spacial score (nSPS) is 11.2. The smallest absolute Gasteiger partial charge is 0.261 e. The first kappa shape index (κ1) is 26.2. The van der Waals surface area contributed by atoms with Gasteiger partial charge in [0.05, 0.1) is 16.1 Å². The van der Waals surface area contributed by atoms with E-state index in [1.165, 1.54) is 24.3 Å². The van der Waals surface area contributed by atoms with Gasteiger partial charge in [0.15, 0.2) is 6.61 Å². The fraction of sp³-hybridized carbons (Fsp3) is 0.185. The van der Waals surface area contributed by atoms with Crippen molar-refractivity contribution >= 4 is 49.8 Å². The second-order valence-electron chi connectivity index (χ2n) is 8.48. The van der Waals surface area contributed by atoms with Gasteiger partial charge in [-0.2, -0.15) is 0 Å². The van der Waals surface area contributed by atoms with Crippen LogP contribution in [0.5, 0.6) is 5.75 Å². The van der Waals surface area contributed by atoms with E-state index in [-0.39, 0.29) is 17.4 Å².